The molecule has 1 N–H and O–H groups in total. The SMILES string of the molecule is CCOc1cc2c(cc1CNC1CC=CCC1)OC(C)C2. The third kappa shape index (κ3) is 3.41. The molecule has 3 heteroatoms. The maximum Gasteiger partial charge on any atom is 0.124 e. The van der Waals surface area contributed by atoms with Crippen molar-refractivity contribution in [2.24, 2.45) is 0 Å². The van der Waals surface area contributed by atoms with Gasteiger partial charge in [-0.1, -0.05) is 12.2 Å². The van der Waals surface area contributed by atoms with Crippen LogP contribution in [0.3, 0.4) is 0 Å². The summed E-state index contributed by atoms with van der Waals surface area (Å²) in [6.07, 6.45) is 9.34. The predicted molar refractivity (Wildman–Crippen MR) is 85.0 cm³/mol. The van der Waals surface area contributed by atoms with Gasteiger partial charge in [0.1, 0.15) is 17.6 Å². The first-order valence-corrected chi connectivity index (χ1v) is 8.10. The fourth-order valence-corrected chi connectivity index (χ4v) is 3.14. The van der Waals surface area contributed by atoms with E-state index in [1.165, 1.54) is 24.0 Å². The highest BCUT2D eigenvalue weighted by Crippen LogP contribution is 2.35. The smallest absolute Gasteiger partial charge is 0.124 e. The van der Waals surface area contributed by atoms with Crippen molar-refractivity contribution in [2.75, 3.05) is 6.61 Å². The average Bonchev–Trinajstić information content (AvgIpc) is 2.85. The second-order valence-electron chi connectivity index (χ2n) is 6.00. The minimum Gasteiger partial charge on any atom is -0.494 e. The molecule has 3 rings (SSSR count). The van der Waals surface area contributed by atoms with Crippen molar-refractivity contribution in [3.8, 4) is 11.5 Å². The molecule has 114 valence electrons. The number of hydrogen-bond donors (Lipinski definition) is 1. The quantitative estimate of drug-likeness (QED) is 0.839. The molecule has 0 saturated carbocycles. The third-order valence-electron chi connectivity index (χ3n) is 4.23. The molecule has 1 aromatic rings. The van der Waals surface area contributed by atoms with Crippen molar-refractivity contribution in [2.45, 2.75) is 58.2 Å². The summed E-state index contributed by atoms with van der Waals surface area (Å²) in [5.41, 5.74) is 2.48. The zero-order valence-corrected chi connectivity index (χ0v) is 13.0. The molecule has 2 unspecified atom stereocenters. The Morgan fingerprint density at radius 3 is 3.00 bits per heavy atom. The van der Waals surface area contributed by atoms with Crippen LogP contribution < -0.4 is 14.8 Å². The first kappa shape index (κ1) is 14.5. The van der Waals surface area contributed by atoms with E-state index in [1.807, 2.05) is 6.92 Å². The van der Waals surface area contributed by atoms with Gasteiger partial charge in [0.2, 0.25) is 0 Å². The van der Waals surface area contributed by atoms with Crippen molar-refractivity contribution in [1.82, 2.24) is 5.32 Å². The zero-order chi connectivity index (χ0) is 14.7. The summed E-state index contributed by atoms with van der Waals surface area (Å²) < 4.78 is 11.7. The summed E-state index contributed by atoms with van der Waals surface area (Å²) in [5.74, 6) is 2.04. The Bertz CT molecular complexity index is 524. The van der Waals surface area contributed by atoms with Crippen LogP contribution in [0.5, 0.6) is 11.5 Å². The molecule has 0 aromatic heterocycles. The topological polar surface area (TPSA) is 30.5 Å². The van der Waals surface area contributed by atoms with Crippen LogP contribution in [-0.4, -0.2) is 18.8 Å². The van der Waals surface area contributed by atoms with Crippen LogP contribution in [0.1, 0.15) is 44.2 Å². The van der Waals surface area contributed by atoms with E-state index in [4.69, 9.17) is 9.47 Å². The maximum absolute atomic E-state index is 5.88. The molecule has 3 nitrogen and oxygen atoms in total. The predicted octanol–water partition coefficient (Wildman–Crippen LogP) is 3.61. The summed E-state index contributed by atoms with van der Waals surface area (Å²) in [4.78, 5) is 0. The highest BCUT2D eigenvalue weighted by Gasteiger charge is 2.22. The van der Waals surface area contributed by atoms with Gasteiger partial charge in [0.25, 0.3) is 0 Å². The van der Waals surface area contributed by atoms with Gasteiger partial charge >= 0.3 is 0 Å². The standard InChI is InChI=1S/C18H25NO2/c1-3-20-17-10-14-9-13(2)21-18(14)11-15(17)12-19-16-7-5-4-6-8-16/h4-5,10-11,13,16,19H,3,6-9,12H2,1-2H3. The van der Waals surface area contributed by atoms with E-state index in [1.54, 1.807) is 0 Å². The Morgan fingerprint density at radius 1 is 1.33 bits per heavy atom. The number of hydrogen-bond acceptors (Lipinski definition) is 3. The van der Waals surface area contributed by atoms with E-state index in [0.29, 0.717) is 12.6 Å². The molecule has 0 radical (unpaired) electrons. The molecule has 1 aromatic carbocycles. The van der Waals surface area contributed by atoms with Crippen LogP contribution in [0.4, 0.5) is 0 Å². The molecule has 1 heterocycles. The number of fused-ring (bicyclic) bond motifs is 1. The van der Waals surface area contributed by atoms with Crippen molar-refractivity contribution in [3.05, 3.63) is 35.4 Å². The molecular weight excluding hydrogens is 262 g/mol. The van der Waals surface area contributed by atoms with E-state index >= 15 is 0 Å². The van der Waals surface area contributed by atoms with Crippen molar-refractivity contribution in [3.63, 3.8) is 0 Å². The monoisotopic (exact) mass is 287 g/mol. The molecule has 0 saturated heterocycles. The lowest BCUT2D eigenvalue weighted by molar-refractivity contribution is 0.254. The molecule has 1 aliphatic heterocycles. The maximum atomic E-state index is 5.88. The molecule has 0 spiro atoms. The van der Waals surface area contributed by atoms with E-state index in [9.17, 15) is 0 Å². The van der Waals surface area contributed by atoms with Crippen LogP contribution in [0.15, 0.2) is 24.3 Å². The Hall–Kier alpha value is -1.48. The fraction of sp³-hybridized carbons (Fsp3) is 0.556. The molecule has 0 amide bonds. The minimum absolute atomic E-state index is 0.279. The van der Waals surface area contributed by atoms with E-state index in [0.717, 1.165) is 30.9 Å². The molecule has 0 bridgehead atoms. The summed E-state index contributed by atoms with van der Waals surface area (Å²) in [6.45, 7) is 5.70. The molecule has 0 fully saturated rings. The van der Waals surface area contributed by atoms with Gasteiger partial charge in [0, 0.05) is 30.1 Å². The number of nitrogens with one attached hydrogen (secondary N) is 1. The Kier molecular flexibility index (Phi) is 4.49. The van der Waals surface area contributed by atoms with Crippen LogP contribution >= 0.6 is 0 Å². The highest BCUT2D eigenvalue weighted by molar-refractivity contribution is 5.48. The van der Waals surface area contributed by atoms with Gasteiger partial charge in [-0.15, -0.1) is 0 Å². The fourth-order valence-electron chi connectivity index (χ4n) is 3.14. The number of allylic oxidation sites excluding steroid dienone is 1. The van der Waals surface area contributed by atoms with E-state index in [2.05, 4.69) is 36.5 Å². The lowest BCUT2D eigenvalue weighted by atomic mass is 10.0. The van der Waals surface area contributed by atoms with Crippen molar-refractivity contribution in [1.29, 1.82) is 0 Å². The summed E-state index contributed by atoms with van der Waals surface area (Å²) >= 11 is 0. The number of rotatable bonds is 5. The Labute approximate surface area is 127 Å². The summed E-state index contributed by atoms with van der Waals surface area (Å²) in [6, 6.07) is 4.91. The lowest BCUT2D eigenvalue weighted by Gasteiger charge is -2.20. The second-order valence-corrected chi connectivity index (χ2v) is 6.00. The van der Waals surface area contributed by atoms with Gasteiger partial charge in [-0.25, -0.2) is 0 Å². The molecule has 21 heavy (non-hydrogen) atoms. The third-order valence-corrected chi connectivity index (χ3v) is 4.23. The lowest BCUT2D eigenvalue weighted by Crippen LogP contribution is -2.29. The summed E-state index contributed by atoms with van der Waals surface area (Å²) in [5, 5.41) is 3.65. The van der Waals surface area contributed by atoms with Crippen LogP contribution in [0.25, 0.3) is 0 Å². The molecule has 2 aliphatic rings. The summed E-state index contributed by atoms with van der Waals surface area (Å²) in [7, 11) is 0. The van der Waals surface area contributed by atoms with Gasteiger partial charge in [0.05, 0.1) is 6.61 Å². The first-order valence-electron chi connectivity index (χ1n) is 8.10. The van der Waals surface area contributed by atoms with Crippen molar-refractivity contribution >= 4 is 0 Å². The van der Waals surface area contributed by atoms with Crippen LogP contribution in [-0.2, 0) is 13.0 Å². The van der Waals surface area contributed by atoms with Gasteiger partial charge in [0.15, 0.2) is 0 Å². The first-order chi connectivity index (χ1) is 10.3. The molecule has 2 atom stereocenters. The molecular formula is C18H25NO2. The van der Waals surface area contributed by atoms with Gasteiger partial charge in [-0.05, 0) is 45.2 Å². The van der Waals surface area contributed by atoms with Crippen LogP contribution in [0, 0.1) is 0 Å². The van der Waals surface area contributed by atoms with E-state index in [-0.39, 0.29) is 6.10 Å². The largest absolute Gasteiger partial charge is 0.494 e. The molecule has 1 aliphatic carbocycles. The minimum atomic E-state index is 0.279. The Balaban J connectivity index is 1.73. The zero-order valence-electron chi connectivity index (χ0n) is 13.0. The van der Waals surface area contributed by atoms with Gasteiger partial charge < -0.3 is 14.8 Å². The number of benzene rings is 1. The van der Waals surface area contributed by atoms with Gasteiger partial charge in [-0.3, -0.25) is 0 Å². The number of ether oxygens (including phenoxy) is 2. The average molecular weight is 287 g/mol. The van der Waals surface area contributed by atoms with Crippen molar-refractivity contribution < 1.29 is 9.47 Å². The van der Waals surface area contributed by atoms with Crippen LogP contribution in [0.2, 0.25) is 0 Å². The Morgan fingerprint density at radius 2 is 2.24 bits per heavy atom. The normalized spacial score (nSPS) is 23.7. The van der Waals surface area contributed by atoms with E-state index < -0.39 is 0 Å². The highest BCUT2D eigenvalue weighted by atomic mass is 16.5. The second kappa shape index (κ2) is 6.52. The van der Waals surface area contributed by atoms with Gasteiger partial charge in [-0.2, -0.15) is 0 Å².